The highest BCUT2D eigenvalue weighted by Crippen LogP contribution is 2.20. The van der Waals surface area contributed by atoms with E-state index >= 15 is 0 Å². The Bertz CT molecular complexity index is 920. The molecule has 0 radical (unpaired) electrons. The van der Waals surface area contributed by atoms with Crippen LogP contribution in [0.5, 0.6) is 0 Å². The quantitative estimate of drug-likeness (QED) is 0.712. The van der Waals surface area contributed by atoms with Gasteiger partial charge in [0.1, 0.15) is 6.04 Å². The minimum atomic E-state index is -0.642. The van der Waals surface area contributed by atoms with E-state index in [9.17, 15) is 9.59 Å². The molecule has 134 valence electrons. The average Bonchev–Trinajstić information content (AvgIpc) is 2.97. The second-order valence-electron chi connectivity index (χ2n) is 6.06. The van der Waals surface area contributed by atoms with Gasteiger partial charge in [-0.15, -0.1) is 0 Å². The van der Waals surface area contributed by atoms with Crippen LogP contribution in [0.2, 0.25) is 0 Å². The number of amides is 2. The predicted octanol–water partition coefficient (Wildman–Crippen LogP) is 2.14. The van der Waals surface area contributed by atoms with Crippen LogP contribution >= 0.6 is 0 Å². The van der Waals surface area contributed by atoms with Gasteiger partial charge in [0.2, 0.25) is 17.8 Å². The molecular formula is C19H21N5O2. The molecule has 0 saturated heterocycles. The van der Waals surface area contributed by atoms with E-state index in [0.29, 0.717) is 18.9 Å². The van der Waals surface area contributed by atoms with E-state index in [1.165, 1.54) is 6.92 Å². The molecule has 1 unspecified atom stereocenters. The Balaban J connectivity index is 1.84. The Hall–Kier alpha value is -3.22. The molecule has 2 amide bonds. The van der Waals surface area contributed by atoms with E-state index in [1.54, 1.807) is 13.1 Å². The van der Waals surface area contributed by atoms with Crippen molar-refractivity contribution in [2.45, 2.75) is 32.9 Å². The number of fused-ring (bicyclic) bond motifs is 1. The fraction of sp³-hybridized carbons (Fsp3) is 0.263. The summed E-state index contributed by atoms with van der Waals surface area (Å²) in [7, 11) is 0. The lowest BCUT2D eigenvalue weighted by Crippen LogP contribution is -2.40. The molecule has 26 heavy (non-hydrogen) atoms. The van der Waals surface area contributed by atoms with Crippen molar-refractivity contribution in [3.8, 4) is 0 Å². The molecule has 2 heterocycles. The van der Waals surface area contributed by atoms with E-state index in [1.807, 2.05) is 47.0 Å². The lowest BCUT2D eigenvalue weighted by molar-refractivity contribution is -0.124. The van der Waals surface area contributed by atoms with Crippen molar-refractivity contribution in [2.24, 2.45) is 0 Å². The van der Waals surface area contributed by atoms with E-state index < -0.39 is 6.04 Å². The molecule has 3 rings (SSSR count). The number of hydrogen-bond acceptors (Lipinski definition) is 4. The van der Waals surface area contributed by atoms with Crippen LogP contribution < -0.4 is 10.6 Å². The molecule has 0 saturated carbocycles. The predicted molar refractivity (Wildman–Crippen MR) is 99.6 cm³/mol. The lowest BCUT2D eigenvalue weighted by Gasteiger charge is -2.14. The molecule has 2 N–H and O–H groups in total. The van der Waals surface area contributed by atoms with Crippen LogP contribution in [0.3, 0.4) is 0 Å². The van der Waals surface area contributed by atoms with Crippen LogP contribution in [-0.4, -0.2) is 32.4 Å². The van der Waals surface area contributed by atoms with Gasteiger partial charge in [-0.25, -0.2) is 4.98 Å². The maximum absolute atomic E-state index is 12.4. The van der Waals surface area contributed by atoms with E-state index in [4.69, 9.17) is 0 Å². The smallest absolute Gasteiger partial charge is 0.248 e. The summed E-state index contributed by atoms with van der Waals surface area (Å²) in [5.74, 6) is -0.102. The van der Waals surface area contributed by atoms with Crippen LogP contribution in [0.15, 0.2) is 48.7 Å². The van der Waals surface area contributed by atoms with Gasteiger partial charge in [0, 0.05) is 31.8 Å². The van der Waals surface area contributed by atoms with Crippen molar-refractivity contribution < 1.29 is 9.59 Å². The third-order valence-corrected chi connectivity index (χ3v) is 4.02. The Morgan fingerprint density at radius 3 is 2.65 bits per heavy atom. The number of carbonyl (C=O) groups is 2. The van der Waals surface area contributed by atoms with Crippen LogP contribution in [-0.2, 0) is 22.6 Å². The Labute approximate surface area is 151 Å². The van der Waals surface area contributed by atoms with Gasteiger partial charge in [-0.1, -0.05) is 18.2 Å². The van der Waals surface area contributed by atoms with Gasteiger partial charge in [0.05, 0.1) is 11.0 Å². The summed E-state index contributed by atoms with van der Waals surface area (Å²) in [5.41, 5.74) is 2.70. The third kappa shape index (κ3) is 4.05. The molecule has 0 bridgehead atoms. The normalized spacial score (nSPS) is 11.9. The zero-order valence-electron chi connectivity index (χ0n) is 14.8. The van der Waals surface area contributed by atoms with Crippen LogP contribution in [0.1, 0.15) is 19.5 Å². The highest BCUT2D eigenvalue weighted by Gasteiger charge is 2.18. The number of pyridine rings is 1. The first-order chi connectivity index (χ1) is 12.5. The second-order valence-corrected chi connectivity index (χ2v) is 6.06. The average molecular weight is 351 g/mol. The van der Waals surface area contributed by atoms with Crippen molar-refractivity contribution in [3.05, 3.63) is 54.4 Å². The number of para-hydroxylation sites is 2. The lowest BCUT2D eigenvalue weighted by atomic mass is 10.2. The summed E-state index contributed by atoms with van der Waals surface area (Å²) in [6.45, 7) is 3.64. The number of hydrogen-bond donors (Lipinski definition) is 2. The van der Waals surface area contributed by atoms with Crippen molar-refractivity contribution in [3.63, 3.8) is 0 Å². The molecule has 7 nitrogen and oxygen atoms in total. The van der Waals surface area contributed by atoms with Crippen molar-refractivity contribution in [2.75, 3.05) is 5.32 Å². The van der Waals surface area contributed by atoms with Crippen molar-refractivity contribution in [1.29, 1.82) is 0 Å². The number of imidazole rings is 1. The Morgan fingerprint density at radius 2 is 1.92 bits per heavy atom. The molecule has 0 spiro atoms. The maximum atomic E-state index is 12.4. The molecule has 2 aromatic heterocycles. The first-order valence-electron chi connectivity index (χ1n) is 8.47. The molecule has 7 heteroatoms. The molecule has 3 aromatic rings. The fourth-order valence-corrected chi connectivity index (χ4v) is 2.76. The number of carbonyl (C=O) groups excluding carboxylic acids is 2. The first kappa shape index (κ1) is 17.6. The van der Waals surface area contributed by atoms with E-state index in [0.717, 1.165) is 16.7 Å². The topological polar surface area (TPSA) is 88.9 Å². The molecule has 0 aliphatic heterocycles. The highest BCUT2D eigenvalue weighted by atomic mass is 16.2. The van der Waals surface area contributed by atoms with Gasteiger partial charge in [-0.3, -0.25) is 19.9 Å². The standard InChI is InChI=1S/C19H21N5O2/c1-13(21-14(2)25)18(26)23-19-22-16-8-3-4-9-17(16)24(19)12-10-15-7-5-6-11-20-15/h3-9,11,13H,10,12H2,1-2H3,(H,21,25)(H,22,23,26). The summed E-state index contributed by atoms with van der Waals surface area (Å²) < 4.78 is 1.96. The molecule has 0 aliphatic rings. The maximum Gasteiger partial charge on any atom is 0.248 e. The minimum Gasteiger partial charge on any atom is -0.345 e. The largest absolute Gasteiger partial charge is 0.345 e. The van der Waals surface area contributed by atoms with Crippen molar-refractivity contribution in [1.82, 2.24) is 19.9 Å². The van der Waals surface area contributed by atoms with E-state index in [-0.39, 0.29) is 11.8 Å². The first-order valence-corrected chi connectivity index (χ1v) is 8.47. The third-order valence-electron chi connectivity index (χ3n) is 4.02. The number of nitrogens with zero attached hydrogens (tertiary/aromatic N) is 3. The Morgan fingerprint density at radius 1 is 1.15 bits per heavy atom. The zero-order valence-corrected chi connectivity index (χ0v) is 14.8. The minimum absolute atomic E-state index is 0.253. The second kappa shape index (κ2) is 7.77. The van der Waals surface area contributed by atoms with Crippen LogP contribution in [0.4, 0.5) is 5.95 Å². The summed E-state index contributed by atoms with van der Waals surface area (Å²) >= 11 is 0. The molecule has 1 aromatic carbocycles. The van der Waals surface area contributed by atoms with Gasteiger partial charge in [0.25, 0.3) is 0 Å². The van der Waals surface area contributed by atoms with Crippen LogP contribution in [0.25, 0.3) is 11.0 Å². The number of nitrogens with one attached hydrogen (secondary N) is 2. The van der Waals surface area contributed by atoms with Gasteiger partial charge in [-0.05, 0) is 31.2 Å². The summed E-state index contributed by atoms with van der Waals surface area (Å²) in [6.07, 6.45) is 2.48. The van der Waals surface area contributed by atoms with E-state index in [2.05, 4.69) is 20.6 Å². The monoisotopic (exact) mass is 351 g/mol. The van der Waals surface area contributed by atoms with Gasteiger partial charge in [-0.2, -0.15) is 0 Å². The molecule has 0 aliphatic carbocycles. The number of anilines is 1. The number of rotatable bonds is 6. The molecule has 1 atom stereocenters. The number of benzene rings is 1. The summed E-state index contributed by atoms with van der Waals surface area (Å²) in [4.78, 5) is 32.4. The fourth-order valence-electron chi connectivity index (χ4n) is 2.76. The van der Waals surface area contributed by atoms with Gasteiger partial charge < -0.3 is 9.88 Å². The van der Waals surface area contributed by atoms with Gasteiger partial charge in [0.15, 0.2) is 0 Å². The highest BCUT2D eigenvalue weighted by molar-refractivity contribution is 5.96. The summed E-state index contributed by atoms with van der Waals surface area (Å²) in [6, 6.07) is 12.9. The SMILES string of the molecule is CC(=O)NC(C)C(=O)Nc1nc2ccccc2n1CCc1ccccn1. The molecular weight excluding hydrogens is 330 g/mol. The summed E-state index contributed by atoms with van der Waals surface area (Å²) in [5, 5.41) is 5.39. The Kier molecular flexibility index (Phi) is 5.26. The zero-order chi connectivity index (χ0) is 18.5. The van der Waals surface area contributed by atoms with Crippen LogP contribution in [0, 0.1) is 0 Å². The van der Waals surface area contributed by atoms with Gasteiger partial charge >= 0.3 is 0 Å². The van der Waals surface area contributed by atoms with Crippen molar-refractivity contribution >= 4 is 28.8 Å². The molecule has 0 fully saturated rings. The number of aryl methyl sites for hydroxylation is 2. The number of aromatic nitrogens is 3.